The van der Waals surface area contributed by atoms with Gasteiger partial charge in [-0.15, -0.1) is 0 Å². The van der Waals surface area contributed by atoms with Crippen molar-refractivity contribution in [3.05, 3.63) is 80.8 Å². The smallest absolute Gasteiger partial charge is 0.270 e. The zero-order valence-corrected chi connectivity index (χ0v) is 22.4. The molecule has 0 spiro atoms. The highest BCUT2D eigenvalue weighted by Gasteiger charge is 2.31. The fourth-order valence-corrected chi connectivity index (χ4v) is 6.64. The predicted molar refractivity (Wildman–Crippen MR) is 148 cm³/mol. The van der Waals surface area contributed by atoms with Crippen molar-refractivity contribution < 1.29 is 9.18 Å². The van der Waals surface area contributed by atoms with Gasteiger partial charge in [-0.25, -0.2) is 9.07 Å². The number of rotatable bonds is 5. The van der Waals surface area contributed by atoms with E-state index in [-0.39, 0.29) is 17.8 Å². The van der Waals surface area contributed by atoms with Gasteiger partial charge in [0.25, 0.3) is 5.91 Å². The number of fused-ring (bicyclic) bond motifs is 1. The first-order valence-electron chi connectivity index (χ1n) is 12.3. The van der Waals surface area contributed by atoms with Gasteiger partial charge in [-0.1, -0.05) is 54.6 Å². The van der Waals surface area contributed by atoms with Crippen LogP contribution in [0.2, 0.25) is 10.0 Å². The number of thioether (sulfide) groups is 1. The fourth-order valence-electron chi connectivity index (χ4n) is 5.13. The Morgan fingerprint density at radius 2 is 1.89 bits per heavy atom. The van der Waals surface area contributed by atoms with Gasteiger partial charge in [0.2, 0.25) is 0 Å². The van der Waals surface area contributed by atoms with Crippen LogP contribution < -0.4 is 5.32 Å². The van der Waals surface area contributed by atoms with Gasteiger partial charge in [0, 0.05) is 28.1 Å². The molecule has 2 heterocycles. The van der Waals surface area contributed by atoms with Gasteiger partial charge < -0.3 is 5.32 Å². The van der Waals surface area contributed by atoms with E-state index < -0.39 is 0 Å². The van der Waals surface area contributed by atoms with Gasteiger partial charge in [-0.2, -0.15) is 16.9 Å². The molecule has 1 aliphatic carbocycles. The lowest BCUT2D eigenvalue weighted by Crippen LogP contribution is -2.40. The molecule has 1 aliphatic heterocycles. The van der Waals surface area contributed by atoms with Crippen LogP contribution in [0.3, 0.4) is 0 Å². The SMILES string of the molecule is C[C@H](NC(=O)c1c2c(nn1-c1ccc(Cl)cc1Cl)C(=Cc1ccc(F)cc1)CSC2)C1CCCCC1. The van der Waals surface area contributed by atoms with Gasteiger partial charge in [0.1, 0.15) is 11.5 Å². The minimum atomic E-state index is -0.274. The number of benzene rings is 2. The second kappa shape index (κ2) is 11.0. The lowest BCUT2D eigenvalue weighted by molar-refractivity contribution is 0.0910. The number of nitrogens with zero attached hydrogens (tertiary/aromatic N) is 2. The van der Waals surface area contributed by atoms with E-state index in [2.05, 4.69) is 12.2 Å². The van der Waals surface area contributed by atoms with Crippen molar-refractivity contribution >= 4 is 52.5 Å². The summed E-state index contributed by atoms with van der Waals surface area (Å²) in [7, 11) is 0. The predicted octanol–water partition coefficient (Wildman–Crippen LogP) is 7.80. The maximum Gasteiger partial charge on any atom is 0.270 e. The minimum absolute atomic E-state index is 0.0722. The molecular formula is C28H28Cl2FN3OS. The van der Waals surface area contributed by atoms with Gasteiger partial charge in [0.05, 0.1) is 16.4 Å². The molecule has 2 aromatic carbocycles. The molecule has 1 atom stereocenters. The van der Waals surface area contributed by atoms with Crippen molar-refractivity contribution in [2.24, 2.45) is 5.92 Å². The molecule has 0 unspecified atom stereocenters. The van der Waals surface area contributed by atoms with Crippen LogP contribution in [-0.2, 0) is 5.75 Å². The van der Waals surface area contributed by atoms with Crippen LogP contribution in [-0.4, -0.2) is 27.5 Å². The van der Waals surface area contributed by atoms with Crippen LogP contribution in [0.4, 0.5) is 4.39 Å². The summed E-state index contributed by atoms with van der Waals surface area (Å²) in [6.07, 6.45) is 7.99. The number of hydrogen-bond donors (Lipinski definition) is 1. The summed E-state index contributed by atoms with van der Waals surface area (Å²) in [5.41, 5.74) is 4.66. The highest BCUT2D eigenvalue weighted by Crippen LogP contribution is 2.38. The summed E-state index contributed by atoms with van der Waals surface area (Å²) < 4.78 is 15.1. The largest absolute Gasteiger partial charge is 0.348 e. The van der Waals surface area contributed by atoms with Crippen molar-refractivity contribution in [2.75, 3.05) is 5.75 Å². The molecule has 0 radical (unpaired) electrons. The van der Waals surface area contributed by atoms with E-state index in [0.717, 1.165) is 41.0 Å². The average molecular weight is 545 g/mol. The molecule has 0 bridgehead atoms. The van der Waals surface area contributed by atoms with Gasteiger partial charge in [-0.3, -0.25) is 4.79 Å². The number of carbonyl (C=O) groups is 1. The van der Waals surface area contributed by atoms with Crippen LogP contribution in [0.15, 0.2) is 42.5 Å². The quantitative estimate of drug-likeness (QED) is 0.357. The van der Waals surface area contributed by atoms with Crippen molar-refractivity contribution in [2.45, 2.75) is 50.8 Å². The Labute approximate surface area is 225 Å². The molecule has 5 rings (SSSR count). The topological polar surface area (TPSA) is 46.9 Å². The van der Waals surface area contributed by atoms with Crippen LogP contribution in [0.5, 0.6) is 0 Å². The Kier molecular flexibility index (Phi) is 7.75. The zero-order valence-electron chi connectivity index (χ0n) is 20.1. The number of nitrogens with one attached hydrogen (secondary N) is 1. The van der Waals surface area contributed by atoms with Crippen molar-refractivity contribution in [1.82, 2.24) is 15.1 Å². The van der Waals surface area contributed by atoms with E-state index in [9.17, 15) is 9.18 Å². The Bertz CT molecular complexity index is 1300. The molecule has 0 saturated heterocycles. The average Bonchev–Trinajstić information content (AvgIpc) is 3.26. The molecule has 8 heteroatoms. The molecule has 1 N–H and O–H groups in total. The summed E-state index contributed by atoms with van der Waals surface area (Å²) in [4.78, 5) is 13.8. The third kappa shape index (κ3) is 5.36. The molecule has 4 nitrogen and oxygen atoms in total. The monoisotopic (exact) mass is 543 g/mol. The molecule has 1 amide bonds. The number of carbonyl (C=O) groups excluding carboxylic acids is 1. The normalized spacial score (nSPS) is 18.2. The Balaban J connectivity index is 1.57. The number of amides is 1. The molecule has 1 aromatic heterocycles. The first-order chi connectivity index (χ1) is 17.4. The molecular weight excluding hydrogens is 516 g/mol. The van der Waals surface area contributed by atoms with Crippen LogP contribution in [0, 0.1) is 11.7 Å². The molecule has 1 fully saturated rings. The first-order valence-corrected chi connectivity index (χ1v) is 14.2. The van der Waals surface area contributed by atoms with Gasteiger partial charge in [-0.05, 0) is 73.2 Å². The fraction of sp³-hybridized carbons (Fsp3) is 0.357. The molecule has 2 aliphatic rings. The number of halogens is 3. The lowest BCUT2D eigenvalue weighted by Gasteiger charge is -2.28. The van der Waals surface area contributed by atoms with Crippen molar-refractivity contribution in [1.29, 1.82) is 0 Å². The summed E-state index contributed by atoms with van der Waals surface area (Å²) in [6, 6.07) is 11.7. The van der Waals surface area contributed by atoms with E-state index in [1.807, 2.05) is 6.08 Å². The van der Waals surface area contributed by atoms with Crippen LogP contribution in [0.25, 0.3) is 17.3 Å². The van der Waals surface area contributed by atoms with E-state index in [1.54, 1.807) is 46.8 Å². The maximum absolute atomic E-state index is 13.8. The zero-order chi connectivity index (χ0) is 25.2. The summed E-state index contributed by atoms with van der Waals surface area (Å²) in [5.74, 6) is 1.48. The minimum Gasteiger partial charge on any atom is -0.348 e. The van der Waals surface area contributed by atoms with Crippen LogP contribution >= 0.6 is 35.0 Å². The Morgan fingerprint density at radius 3 is 2.61 bits per heavy atom. The van der Waals surface area contributed by atoms with E-state index in [0.29, 0.717) is 33.1 Å². The summed E-state index contributed by atoms with van der Waals surface area (Å²) in [6.45, 7) is 2.10. The third-order valence-corrected chi connectivity index (χ3v) is 8.62. The second-order valence-electron chi connectivity index (χ2n) is 9.56. The third-order valence-electron chi connectivity index (χ3n) is 7.07. The van der Waals surface area contributed by atoms with Crippen molar-refractivity contribution in [3.63, 3.8) is 0 Å². The highest BCUT2D eigenvalue weighted by atomic mass is 35.5. The van der Waals surface area contributed by atoms with Gasteiger partial charge >= 0.3 is 0 Å². The van der Waals surface area contributed by atoms with E-state index in [4.69, 9.17) is 28.3 Å². The lowest BCUT2D eigenvalue weighted by atomic mass is 9.84. The Morgan fingerprint density at radius 1 is 1.14 bits per heavy atom. The molecule has 188 valence electrons. The maximum atomic E-state index is 13.8. The number of hydrogen-bond acceptors (Lipinski definition) is 3. The summed E-state index contributed by atoms with van der Waals surface area (Å²) >= 11 is 14.5. The second-order valence-corrected chi connectivity index (χ2v) is 11.4. The van der Waals surface area contributed by atoms with Gasteiger partial charge in [0.15, 0.2) is 0 Å². The van der Waals surface area contributed by atoms with E-state index in [1.165, 1.54) is 31.4 Å². The summed E-state index contributed by atoms with van der Waals surface area (Å²) in [5, 5.41) is 9.14. The van der Waals surface area contributed by atoms with Crippen LogP contribution in [0.1, 0.15) is 66.3 Å². The number of aromatic nitrogens is 2. The van der Waals surface area contributed by atoms with Crippen molar-refractivity contribution in [3.8, 4) is 5.69 Å². The Hall–Kier alpha value is -2.28. The van der Waals surface area contributed by atoms with E-state index >= 15 is 0 Å². The highest BCUT2D eigenvalue weighted by molar-refractivity contribution is 7.99. The first kappa shape index (κ1) is 25.4. The molecule has 3 aromatic rings. The molecule has 1 saturated carbocycles. The molecule has 36 heavy (non-hydrogen) atoms. The standard InChI is InChI=1S/C28H28Cl2FN3OS/c1-17(19-5-3-2-4-6-19)32-28(35)27-23-16-36-15-20(13-18-7-10-22(31)11-8-18)26(23)33-34(27)25-12-9-21(29)14-24(25)30/h7-14,17,19H,2-6,15-16H2,1H3,(H,32,35)/t17-/m0/s1.